The number of hydrogen-bond acceptors (Lipinski definition) is 2. The van der Waals surface area contributed by atoms with Crippen LogP contribution in [0.15, 0.2) is 30.5 Å². The lowest BCUT2D eigenvalue weighted by molar-refractivity contribution is 0.427. The summed E-state index contributed by atoms with van der Waals surface area (Å²) in [7, 11) is 0. The van der Waals surface area contributed by atoms with Crippen molar-refractivity contribution in [2.45, 2.75) is 52.5 Å². The van der Waals surface area contributed by atoms with E-state index in [0.29, 0.717) is 5.92 Å². The average Bonchev–Trinajstić information content (AvgIpc) is 2.86. The zero-order valence-electron chi connectivity index (χ0n) is 13.8. The Morgan fingerprint density at radius 1 is 1.14 bits per heavy atom. The van der Waals surface area contributed by atoms with Gasteiger partial charge < -0.3 is 10.3 Å². The number of rotatable bonds is 5. The van der Waals surface area contributed by atoms with Gasteiger partial charge in [0.15, 0.2) is 0 Å². The van der Waals surface area contributed by atoms with E-state index in [1.54, 1.807) is 0 Å². The predicted molar refractivity (Wildman–Crippen MR) is 89.6 cm³/mol. The smallest absolute Gasteiger partial charge is 0.107 e. The molecule has 0 fully saturated rings. The Labute approximate surface area is 128 Å². The summed E-state index contributed by atoms with van der Waals surface area (Å²) in [5, 5.41) is 3.48. The van der Waals surface area contributed by atoms with E-state index in [0.717, 1.165) is 24.5 Å². The fourth-order valence-electron chi connectivity index (χ4n) is 2.24. The molecular formula is C18H27N3. The first kappa shape index (κ1) is 15.8. The standard InChI is InChI=1S/C18H27N3/c1-13(2)14-6-8-15(9-7-14)16-12-19-17(21-16)10-11-20-18(3,4)5/h6-9,12-13,20H,10-11H2,1-5H3,(H,19,21). The molecule has 0 saturated carbocycles. The molecule has 0 radical (unpaired) electrons. The number of aromatic amines is 1. The van der Waals surface area contributed by atoms with E-state index in [9.17, 15) is 0 Å². The number of imidazole rings is 1. The minimum Gasteiger partial charge on any atom is -0.342 e. The van der Waals surface area contributed by atoms with Crippen molar-refractivity contribution in [2.75, 3.05) is 6.54 Å². The molecule has 1 aromatic heterocycles. The molecule has 3 nitrogen and oxygen atoms in total. The summed E-state index contributed by atoms with van der Waals surface area (Å²) in [6, 6.07) is 8.73. The molecule has 0 spiro atoms. The van der Waals surface area contributed by atoms with Crippen LogP contribution in [0, 0.1) is 0 Å². The molecule has 1 aromatic carbocycles. The third kappa shape index (κ3) is 4.71. The van der Waals surface area contributed by atoms with Gasteiger partial charge in [-0.1, -0.05) is 38.1 Å². The summed E-state index contributed by atoms with van der Waals surface area (Å²) >= 11 is 0. The van der Waals surface area contributed by atoms with Crippen LogP contribution in [0.5, 0.6) is 0 Å². The highest BCUT2D eigenvalue weighted by atomic mass is 15.0. The van der Waals surface area contributed by atoms with Crippen molar-refractivity contribution < 1.29 is 0 Å². The molecule has 0 bridgehead atoms. The number of nitrogens with zero attached hydrogens (tertiary/aromatic N) is 1. The fourth-order valence-corrected chi connectivity index (χ4v) is 2.24. The Morgan fingerprint density at radius 2 is 1.81 bits per heavy atom. The van der Waals surface area contributed by atoms with Crippen molar-refractivity contribution in [3.63, 3.8) is 0 Å². The van der Waals surface area contributed by atoms with E-state index in [-0.39, 0.29) is 5.54 Å². The molecule has 0 saturated heterocycles. The zero-order chi connectivity index (χ0) is 15.5. The average molecular weight is 285 g/mol. The van der Waals surface area contributed by atoms with Crippen LogP contribution in [-0.2, 0) is 6.42 Å². The van der Waals surface area contributed by atoms with Crippen molar-refractivity contribution in [2.24, 2.45) is 0 Å². The van der Waals surface area contributed by atoms with Crippen LogP contribution in [0.4, 0.5) is 0 Å². The van der Waals surface area contributed by atoms with Gasteiger partial charge in [-0.25, -0.2) is 4.98 Å². The van der Waals surface area contributed by atoms with Gasteiger partial charge in [0.1, 0.15) is 5.82 Å². The Balaban J connectivity index is 1.99. The first-order chi connectivity index (χ1) is 9.85. The van der Waals surface area contributed by atoms with Crippen LogP contribution >= 0.6 is 0 Å². The van der Waals surface area contributed by atoms with Gasteiger partial charge in [0.25, 0.3) is 0 Å². The van der Waals surface area contributed by atoms with E-state index in [2.05, 4.69) is 74.2 Å². The molecule has 3 heteroatoms. The highest BCUT2D eigenvalue weighted by Crippen LogP contribution is 2.21. The predicted octanol–water partition coefficient (Wildman–Crippen LogP) is 4.13. The quantitative estimate of drug-likeness (QED) is 0.867. The first-order valence-corrected chi connectivity index (χ1v) is 7.74. The molecule has 0 atom stereocenters. The maximum absolute atomic E-state index is 4.47. The topological polar surface area (TPSA) is 40.7 Å². The van der Waals surface area contributed by atoms with Crippen molar-refractivity contribution in [1.29, 1.82) is 0 Å². The van der Waals surface area contributed by atoms with Gasteiger partial charge in [0.2, 0.25) is 0 Å². The van der Waals surface area contributed by atoms with Crippen LogP contribution in [0.2, 0.25) is 0 Å². The second-order valence-electron chi connectivity index (χ2n) is 6.95. The monoisotopic (exact) mass is 285 g/mol. The molecule has 0 unspecified atom stereocenters. The van der Waals surface area contributed by atoms with E-state index in [1.165, 1.54) is 11.1 Å². The second kappa shape index (κ2) is 6.44. The fraction of sp³-hybridized carbons (Fsp3) is 0.500. The Hall–Kier alpha value is -1.61. The van der Waals surface area contributed by atoms with E-state index < -0.39 is 0 Å². The molecule has 1 heterocycles. The van der Waals surface area contributed by atoms with Crippen LogP contribution in [-0.4, -0.2) is 22.1 Å². The van der Waals surface area contributed by atoms with Gasteiger partial charge >= 0.3 is 0 Å². The third-order valence-electron chi connectivity index (χ3n) is 3.53. The van der Waals surface area contributed by atoms with Gasteiger partial charge in [0.05, 0.1) is 11.9 Å². The van der Waals surface area contributed by atoms with Crippen LogP contribution in [0.1, 0.15) is 51.9 Å². The molecule has 2 aromatic rings. The van der Waals surface area contributed by atoms with Crippen LogP contribution in [0.25, 0.3) is 11.3 Å². The van der Waals surface area contributed by atoms with E-state index in [1.807, 2.05) is 6.20 Å². The number of aromatic nitrogens is 2. The number of benzene rings is 1. The summed E-state index contributed by atoms with van der Waals surface area (Å²) in [6.07, 6.45) is 2.85. The minimum atomic E-state index is 0.155. The SMILES string of the molecule is CC(C)c1ccc(-c2cnc(CCNC(C)(C)C)[nH]2)cc1. The van der Waals surface area contributed by atoms with Crippen molar-refractivity contribution in [3.05, 3.63) is 41.9 Å². The maximum Gasteiger partial charge on any atom is 0.107 e. The molecule has 0 aliphatic rings. The molecule has 21 heavy (non-hydrogen) atoms. The van der Waals surface area contributed by atoms with E-state index in [4.69, 9.17) is 0 Å². The lowest BCUT2D eigenvalue weighted by Gasteiger charge is -2.19. The van der Waals surface area contributed by atoms with Gasteiger partial charge in [-0.15, -0.1) is 0 Å². The highest BCUT2D eigenvalue weighted by molar-refractivity contribution is 5.58. The number of hydrogen-bond donors (Lipinski definition) is 2. The van der Waals surface area contributed by atoms with Crippen LogP contribution < -0.4 is 5.32 Å². The molecule has 114 valence electrons. The molecule has 2 rings (SSSR count). The third-order valence-corrected chi connectivity index (χ3v) is 3.53. The van der Waals surface area contributed by atoms with Crippen molar-refractivity contribution >= 4 is 0 Å². The minimum absolute atomic E-state index is 0.155. The Morgan fingerprint density at radius 3 is 2.38 bits per heavy atom. The second-order valence-corrected chi connectivity index (χ2v) is 6.95. The van der Waals surface area contributed by atoms with Crippen molar-refractivity contribution in [1.82, 2.24) is 15.3 Å². The summed E-state index contributed by atoms with van der Waals surface area (Å²) in [5.74, 6) is 1.61. The summed E-state index contributed by atoms with van der Waals surface area (Å²) < 4.78 is 0. The summed E-state index contributed by atoms with van der Waals surface area (Å²) in [5.41, 5.74) is 3.81. The Bertz CT molecular complexity index is 559. The largest absolute Gasteiger partial charge is 0.342 e. The van der Waals surface area contributed by atoms with Gasteiger partial charge in [-0.2, -0.15) is 0 Å². The zero-order valence-corrected chi connectivity index (χ0v) is 13.8. The molecular weight excluding hydrogens is 258 g/mol. The summed E-state index contributed by atoms with van der Waals surface area (Å²) in [6.45, 7) is 11.9. The molecule has 0 amide bonds. The normalized spacial score (nSPS) is 12.1. The molecule has 2 N–H and O–H groups in total. The summed E-state index contributed by atoms with van der Waals surface area (Å²) in [4.78, 5) is 7.89. The van der Waals surface area contributed by atoms with Crippen LogP contribution in [0.3, 0.4) is 0 Å². The molecule has 0 aliphatic carbocycles. The Kier molecular flexibility index (Phi) is 4.84. The molecule has 0 aliphatic heterocycles. The lowest BCUT2D eigenvalue weighted by Crippen LogP contribution is -2.37. The first-order valence-electron chi connectivity index (χ1n) is 7.74. The van der Waals surface area contributed by atoms with Gasteiger partial charge in [-0.05, 0) is 37.8 Å². The van der Waals surface area contributed by atoms with Gasteiger partial charge in [0, 0.05) is 18.5 Å². The van der Waals surface area contributed by atoms with E-state index >= 15 is 0 Å². The highest BCUT2D eigenvalue weighted by Gasteiger charge is 2.09. The number of nitrogens with one attached hydrogen (secondary N) is 2. The van der Waals surface area contributed by atoms with Gasteiger partial charge in [-0.3, -0.25) is 0 Å². The lowest BCUT2D eigenvalue weighted by atomic mass is 10.0. The maximum atomic E-state index is 4.47. The van der Waals surface area contributed by atoms with Crippen molar-refractivity contribution in [3.8, 4) is 11.3 Å². The number of H-pyrrole nitrogens is 1.